The predicted octanol–water partition coefficient (Wildman–Crippen LogP) is 1.58. The van der Waals surface area contributed by atoms with E-state index in [4.69, 9.17) is 15.7 Å². The van der Waals surface area contributed by atoms with Crippen LogP contribution in [0.4, 0.5) is 5.69 Å². The van der Waals surface area contributed by atoms with Gasteiger partial charge >= 0.3 is 0 Å². The molecule has 17 heavy (non-hydrogen) atoms. The first-order valence-electron chi connectivity index (χ1n) is 4.94. The summed E-state index contributed by atoms with van der Waals surface area (Å²) in [6, 6.07) is 5.85. The topological polar surface area (TPSA) is 102 Å². The SMILES string of the molecule is CC(C)(N)COc1ccc(C#N)c([N+](=O)[O-])c1. The average Bonchev–Trinajstić information content (AvgIpc) is 2.25. The highest BCUT2D eigenvalue weighted by molar-refractivity contribution is 5.52. The van der Waals surface area contributed by atoms with Crippen LogP contribution in [0.1, 0.15) is 19.4 Å². The van der Waals surface area contributed by atoms with Crippen LogP contribution in [0.3, 0.4) is 0 Å². The molecule has 0 aromatic heterocycles. The summed E-state index contributed by atoms with van der Waals surface area (Å²) in [5.74, 6) is 0.328. The molecule has 90 valence electrons. The molecule has 0 heterocycles. The van der Waals surface area contributed by atoms with Crippen LogP contribution in [0.2, 0.25) is 0 Å². The molecule has 0 amide bonds. The van der Waals surface area contributed by atoms with E-state index >= 15 is 0 Å². The molecule has 0 atom stereocenters. The Balaban J connectivity index is 2.94. The number of nitro groups is 1. The highest BCUT2D eigenvalue weighted by Crippen LogP contribution is 2.24. The van der Waals surface area contributed by atoms with Gasteiger partial charge in [0.1, 0.15) is 24.0 Å². The van der Waals surface area contributed by atoms with Crippen LogP contribution in [-0.4, -0.2) is 17.1 Å². The summed E-state index contributed by atoms with van der Waals surface area (Å²) in [5, 5.41) is 19.4. The fourth-order valence-corrected chi connectivity index (χ4v) is 1.12. The maximum absolute atomic E-state index is 10.7. The third-order valence-corrected chi connectivity index (χ3v) is 1.90. The van der Waals surface area contributed by atoms with E-state index in [0.29, 0.717) is 5.75 Å². The number of hydrogen-bond donors (Lipinski definition) is 1. The van der Waals surface area contributed by atoms with Crippen molar-refractivity contribution in [2.24, 2.45) is 5.73 Å². The number of nitrogens with two attached hydrogens (primary N) is 1. The monoisotopic (exact) mass is 235 g/mol. The lowest BCUT2D eigenvalue weighted by molar-refractivity contribution is -0.385. The van der Waals surface area contributed by atoms with E-state index in [-0.39, 0.29) is 17.9 Å². The van der Waals surface area contributed by atoms with Crippen molar-refractivity contribution < 1.29 is 9.66 Å². The molecular weight excluding hydrogens is 222 g/mol. The number of rotatable bonds is 4. The highest BCUT2D eigenvalue weighted by Gasteiger charge is 2.16. The number of nitro benzene ring substituents is 1. The third kappa shape index (κ3) is 3.74. The lowest BCUT2D eigenvalue weighted by atomic mass is 10.1. The van der Waals surface area contributed by atoms with Gasteiger partial charge in [0, 0.05) is 5.54 Å². The Bertz CT molecular complexity index is 472. The van der Waals surface area contributed by atoms with E-state index in [2.05, 4.69) is 0 Å². The molecule has 6 nitrogen and oxygen atoms in total. The maximum atomic E-state index is 10.7. The minimum atomic E-state index is -0.612. The largest absolute Gasteiger partial charge is 0.491 e. The molecule has 0 saturated carbocycles. The van der Waals surface area contributed by atoms with Crippen molar-refractivity contribution in [2.45, 2.75) is 19.4 Å². The lowest BCUT2D eigenvalue weighted by Crippen LogP contribution is -2.38. The normalized spacial score (nSPS) is 10.7. The van der Waals surface area contributed by atoms with E-state index < -0.39 is 10.5 Å². The summed E-state index contributed by atoms with van der Waals surface area (Å²) in [6.07, 6.45) is 0. The molecule has 0 radical (unpaired) electrons. The first-order valence-corrected chi connectivity index (χ1v) is 4.94. The summed E-state index contributed by atoms with van der Waals surface area (Å²) >= 11 is 0. The van der Waals surface area contributed by atoms with Gasteiger partial charge in [-0.1, -0.05) is 0 Å². The second-order valence-corrected chi connectivity index (χ2v) is 4.33. The van der Waals surface area contributed by atoms with Crippen molar-refractivity contribution in [3.8, 4) is 11.8 Å². The van der Waals surface area contributed by atoms with Gasteiger partial charge in [-0.15, -0.1) is 0 Å². The van der Waals surface area contributed by atoms with Crippen LogP contribution in [0.25, 0.3) is 0 Å². The van der Waals surface area contributed by atoms with E-state index in [0.717, 1.165) is 0 Å². The van der Waals surface area contributed by atoms with Crippen LogP contribution in [0.15, 0.2) is 18.2 Å². The van der Waals surface area contributed by atoms with Crippen molar-refractivity contribution in [3.63, 3.8) is 0 Å². The van der Waals surface area contributed by atoms with E-state index in [1.165, 1.54) is 18.2 Å². The van der Waals surface area contributed by atoms with Crippen LogP contribution >= 0.6 is 0 Å². The molecule has 2 N–H and O–H groups in total. The number of nitriles is 1. The lowest BCUT2D eigenvalue weighted by Gasteiger charge is -2.18. The van der Waals surface area contributed by atoms with Crippen molar-refractivity contribution >= 4 is 5.69 Å². The fourth-order valence-electron chi connectivity index (χ4n) is 1.12. The minimum Gasteiger partial charge on any atom is -0.491 e. The summed E-state index contributed by atoms with van der Waals surface area (Å²) in [5.41, 5.74) is 4.95. The molecule has 0 spiro atoms. The molecule has 0 saturated heterocycles. The second-order valence-electron chi connectivity index (χ2n) is 4.33. The number of hydrogen-bond acceptors (Lipinski definition) is 5. The third-order valence-electron chi connectivity index (χ3n) is 1.90. The van der Waals surface area contributed by atoms with Crippen LogP contribution in [0, 0.1) is 21.4 Å². The highest BCUT2D eigenvalue weighted by atomic mass is 16.6. The van der Waals surface area contributed by atoms with Gasteiger partial charge in [-0.25, -0.2) is 0 Å². The zero-order valence-electron chi connectivity index (χ0n) is 9.64. The van der Waals surface area contributed by atoms with Gasteiger partial charge in [0.25, 0.3) is 5.69 Å². The van der Waals surface area contributed by atoms with Gasteiger partial charge in [0.05, 0.1) is 11.0 Å². The molecule has 0 aliphatic carbocycles. The van der Waals surface area contributed by atoms with Crippen molar-refractivity contribution in [1.29, 1.82) is 5.26 Å². The van der Waals surface area contributed by atoms with Gasteiger partial charge in [0.2, 0.25) is 0 Å². The van der Waals surface area contributed by atoms with E-state index in [1.807, 2.05) is 0 Å². The van der Waals surface area contributed by atoms with Gasteiger partial charge in [0.15, 0.2) is 0 Å². The zero-order valence-corrected chi connectivity index (χ0v) is 9.64. The summed E-state index contributed by atoms with van der Waals surface area (Å²) in [4.78, 5) is 10.1. The molecule has 0 bridgehead atoms. The number of ether oxygens (including phenoxy) is 1. The van der Waals surface area contributed by atoms with Crippen molar-refractivity contribution in [1.82, 2.24) is 0 Å². The molecular formula is C11H13N3O3. The smallest absolute Gasteiger partial charge is 0.290 e. The molecule has 0 aliphatic rings. The van der Waals surface area contributed by atoms with E-state index in [9.17, 15) is 10.1 Å². The average molecular weight is 235 g/mol. The molecule has 6 heteroatoms. The molecule has 1 aromatic carbocycles. The molecule has 0 aliphatic heterocycles. The van der Waals surface area contributed by atoms with Gasteiger partial charge in [-0.3, -0.25) is 10.1 Å². The van der Waals surface area contributed by atoms with Crippen LogP contribution in [-0.2, 0) is 0 Å². The maximum Gasteiger partial charge on any atom is 0.290 e. The molecule has 1 aromatic rings. The Labute approximate surface area is 98.8 Å². The first-order chi connectivity index (χ1) is 7.83. The summed E-state index contributed by atoms with van der Waals surface area (Å²) in [7, 11) is 0. The van der Waals surface area contributed by atoms with Crippen LogP contribution < -0.4 is 10.5 Å². The quantitative estimate of drug-likeness (QED) is 0.630. The van der Waals surface area contributed by atoms with Gasteiger partial charge in [-0.2, -0.15) is 5.26 Å². The van der Waals surface area contributed by atoms with Crippen molar-refractivity contribution in [3.05, 3.63) is 33.9 Å². The Kier molecular flexibility index (Phi) is 3.66. The number of benzene rings is 1. The van der Waals surface area contributed by atoms with E-state index in [1.54, 1.807) is 19.9 Å². The Morgan fingerprint density at radius 3 is 2.71 bits per heavy atom. The minimum absolute atomic E-state index is 0.00867. The molecule has 0 unspecified atom stereocenters. The molecule has 1 rings (SSSR count). The summed E-state index contributed by atoms with van der Waals surface area (Å²) in [6.45, 7) is 3.80. The van der Waals surface area contributed by atoms with Crippen LogP contribution in [0.5, 0.6) is 5.75 Å². The van der Waals surface area contributed by atoms with Crippen molar-refractivity contribution in [2.75, 3.05) is 6.61 Å². The Hall–Kier alpha value is -2.13. The van der Waals surface area contributed by atoms with Gasteiger partial charge in [-0.05, 0) is 26.0 Å². The summed E-state index contributed by atoms with van der Waals surface area (Å²) < 4.78 is 5.32. The standard InChI is InChI=1S/C11H13N3O3/c1-11(2,13)7-17-9-4-3-8(6-12)10(5-9)14(15)16/h3-5H,7,13H2,1-2H3. The Morgan fingerprint density at radius 1 is 1.59 bits per heavy atom. The predicted molar refractivity (Wildman–Crippen MR) is 61.6 cm³/mol. The Morgan fingerprint density at radius 2 is 2.24 bits per heavy atom. The van der Waals surface area contributed by atoms with Gasteiger partial charge < -0.3 is 10.5 Å². The zero-order chi connectivity index (χ0) is 13.1. The molecule has 0 fully saturated rings. The fraction of sp³-hybridized carbons (Fsp3) is 0.364. The second kappa shape index (κ2) is 4.80. The number of nitrogens with zero attached hydrogens (tertiary/aromatic N) is 2. The first kappa shape index (κ1) is 12.9.